The predicted molar refractivity (Wildman–Crippen MR) is 70.6 cm³/mol. The molecule has 0 spiro atoms. The van der Waals surface area contributed by atoms with Gasteiger partial charge in [-0.05, 0) is 38.7 Å². The van der Waals surface area contributed by atoms with Crippen LogP contribution in [0.15, 0.2) is 12.4 Å². The van der Waals surface area contributed by atoms with E-state index in [-0.39, 0.29) is 0 Å². The first kappa shape index (κ1) is 11.5. The largest absolute Gasteiger partial charge is 0.338 e. The van der Waals surface area contributed by atoms with Crippen LogP contribution in [-0.2, 0) is 19.9 Å². The molecule has 0 unspecified atom stereocenters. The molecule has 0 aliphatic heterocycles. The summed E-state index contributed by atoms with van der Waals surface area (Å²) in [5.41, 5.74) is 3.95. The molecule has 18 heavy (non-hydrogen) atoms. The summed E-state index contributed by atoms with van der Waals surface area (Å²) in [6, 6.07) is 0.672. The first-order valence-electron chi connectivity index (χ1n) is 6.67. The second-order valence-corrected chi connectivity index (χ2v) is 5.28. The third kappa shape index (κ3) is 1.96. The van der Waals surface area contributed by atoms with E-state index < -0.39 is 0 Å². The van der Waals surface area contributed by atoms with Gasteiger partial charge in [-0.2, -0.15) is 5.10 Å². The first-order valence-corrected chi connectivity index (χ1v) is 6.67. The van der Waals surface area contributed by atoms with Gasteiger partial charge in [0.2, 0.25) is 0 Å². The smallest absolute Gasteiger partial charge is 0.108 e. The number of hydrogen-bond donors (Lipinski definition) is 0. The molecule has 0 N–H and O–H groups in total. The molecule has 0 atom stereocenters. The zero-order valence-electron chi connectivity index (χ0n) is 11.3. The van der Waals surface area contributed by atoms with Crippen LogP contribution in [0.1, 0.15) is 41.7 Å². The van der Waals surface area contributed by atoms with E-state index >= 15 is 0 Å². The molecular weight excluding hydrogens is 224 g/mol. The average molecular weight is 244 g/mol. The fraction of sp³-hybridized carbons (Fsp3) is 0.571. The average Bonchev–Trinajstić information content (AvgIpc) is 3.04. The Labute approximate surface area is 108 Å². The fourth-order valence-corrected chi connectivity index (χ4v) is 2.61. The molecule has 0 saturated heterocycles. The van der Waals surface area contributed by atoms with Crippen molar-refractivity contribution in [3.63, 3.8) is 0 Å². The standard InChI is InChI=1S/C14H20N4/c1-10-13(6-7-14-15-8-9-17(14)3)11(2)18(16-10)12-4-5-12/h8-9,12H,4-7H2,1-3H3. The lowest BCUT2D eigenvalue weighted by Crippen LogP contribution is -2.02. The van der Waals surface area contributed by atoms with Crippen LogP contribution in [0.3, 0.4) is 0 Å². The van der Waals surface area contributed by atoms with Crippen LogP contribution < -0.4 is 0 Å². The summed E-state index contributed by atoms with van der Waals surface area (Å²) in [5.74, 6) is 1.15. The Kier molecular flexibility index (Phi) is 2.73. The fourth-order valence-electron chi connectivity index (χ4n) is 2.61. The molecule has 0 bridgehead atoms. The normalized spacial score (nSPS) is 15.3. The molecule has 4 heteroatoms. The molecular formula is C14H20N4. The van der Waals surface area contributed by atoms with Crippen LogP contribution >= 0.6 is 0 Å². The molecule has 1 aliphatic rings. The third-order valence-corrected chi connectivity index (χ3v) is 3.89. The Bertz CT molecular complexity index is 560. The summed E-state index contributed by atoms with van der Waals surface area (Å²) in [5, 5.41) is 4.68. The van der Waals surface area contributed by atoms with Crippen molar-refractivity contribution in [1.82, 2.24) is 19.3 Å². The van der Waals surface area contributed by atoms with Crippen molar-refractivity contribution >= 4 is 0 Å². The lowest BCUT2D eigenvalue weighted by atomic mass is 10.1. The van der Waals surface area contributed by atoms with Gasteiger partial charge >= 0.3 is 0 Å². The molecule has 0 amide bonds. The maximum absolute atomic E-state index is 4.68. The van der Waals surface area contributed by atoms with E-state index in [0.717, 1.165) is 18.7 Å². The Morgan fingerprint density at radius 1 is 1.28 bits per heavy atom. The van der Waals surface area contributed by atoms with E-state index in [9.17, 15) is 0 Å². The summed E-state index contributed by atoms with van der Waals surface area (Å²) in [4.78, 5) is 4.38. The number of hydrogen-bond acceptors (Lipinski definition) is 2. The molecule has 0 radical (unpaired) electrons. The van der Waals surface area contributed by atoms with Crippen molar-refractivity contribution in [1.29, 1.82) is 0 Å². The first-order chi connectivity index (χ1) is 8.66. The van der Waals surface area contributed by atoms with Crippen molar-refractivity contribution < 1.29 is 0 Å². The Morgan fingerprint density at radius 3 is 2.67 bits per heavy atom. The summed E-state index contributed by atoms with van der Waals surface area (Å²) >= 11 is 0. The molecule has 4 nitrogen and oxygen atoms in total. The monoisotopic (exact) mass is 244 g/mol. The highest BCUT2D eigenvalue weighted by molar-refractivity contribution is 5.26. The Hall–Kier alpha value is -1.58. The maximum Gasteiger partial charge on any atom is 0.108 e. The molecule has 1 aliphatic carbocycles. The second kappa shape index (κ2) is 4.26. The van der Waals surface area contributed by atoms with Crippen molar-refractivity contribution in [2.24, 2.45) is 7.05 Å². The highest BCUT2D eigenvalue weighted by atomic mass is 15.3. The van der Waals surface area contributed by atoms with E-state index in [0.29, 0.717) is 6.04 Å². The van der Waals surface area contributed by atoms with Gasteiger partial charge in [0.25, 0.3) is 0 Å². The predicted octanol–water partition coefficient (Wildman–Crippen LogP) is 2.35. The zero-order chi connectivity index (χ0) is 12.7. The van der Waals surface area contributed by atoms with E-state index in [1.54, 1.807) is 0 Å². The van der Waals surface area contributed by atoms with E-state index in [2.05, 4.69) is 40.2 Å². The molecule has 2 aromatic heterocycles. The van der Waals surface area contributed by atoms with Crippen LogP contribution in [0, 0.1) is 13.8 Å². The highest BCUT2D eigenvalue weighted by Gasteiger charge is 2.27. The van der Waals surface area contributed by atoms with Gasteiger partial charge in [0, 0.05) is 31.6 Å². The third-order valence-electron chi connectivity index (χ3n) is 3.89. The number of aromatic nitrogens is 4. The highest BCUT2D eigenvalue weighted by Crippen LogP contribution is 2.36. The molecule has 2 heterocycles. The minimum Gasteiger partial charge on any atom is -0.338 e. The Balaban J connectivity index is 1.78. The lowest BCUT2D eigenvalue weighted by Gasteiger charge is -2.04. The molecule has 2 aromatic rings. The second-order valence-electron chi connectivity index (χ2n) is 5.28. The van der Waals surface area contributed by atoms with Gasteiger partial charge < -0.3 is 4.57 Å². The van der Waals surface area contributed by atoms with Crippen LogP contribution in [-0.4, -0.2) is 19.3 Å². The van der Waals surface area contributed by atoms with Crippen LogP contribution in [0.25, 0.3) is 0 Å². The van der Waals surface area contributed by atoms with Gasteiger partial charge in [0.1, 0.15) is 5.82 Å². The van der Waals surface area contributed by atoms with Crippen molar-refractivity contribution in [2.75, 3.05) is 0 Å². The zero-order valence-corrected chi connectivity index (χ0v) is 11.3. The van der Waals surface area contributed by atoms with Gasteiger partial charge in [0.15, 0.2) is 0 Å². The van der Waals surface area contributed by atoms with Crippen molar-refractivity contribution in [2.45, 2.75) is 45.6 Å². The number of nitrogens with zero attached hydrogens (tertiary/aromatic N) is 4. The van der Waals surface area contributed by atoms with Gasteiger partial charge in [-0.15, -0.1) is 0 Å². The molecule has 3 rings (SSSR count). The van der Waals surface area contributed by atoms with Crippen LogP contribution in [0.2, 0.25) is 0 Å². The number of aryl methyl sites for hydroxylation is 3. The van der Waals surface area contributed by atoms with E-state index in [1.165, 1.54) is 29.8 Å². The molecule has 1 saturated carbocycles. The SMILES string of the molecule is Cc1nn(C2CC2)c(C)c1CCc1nccn1C. The summed E-state index contributed by atoms with van der Waals surface area (Å²) < 4.78 is 4.32. The summed E-state index contributed by atoms with van der Waals surface area (Å²) in [6.45, 7) is 4.33. The minimum absolute atomic E-state index is 0.672. The van der Waals surface area contributed by atoms with E-state index in [1.807, 2.05) is 12.4 Å². The Morgan fingerprint density at radius 2 is 2.06 bits per heavy atom. The van der Waals surface area contributed by atoms with Gasteiger partial charge in [-0.1, -0.05) is 0 Å². The quantitative estimate of drug-likeness (QED) is 0.827. The van der Waals surface area contributed by atoms with Crippen LogP contribution in [0.5, 0.6) is 0 Å². The van der Waals surface area contributed by atoms with E-state index in [4.69, 9.17) is 0 Å². The minimum atomic E-state index is 0.672. The van der Waals surface area contributed by atoms with Gasteiger partial charge in [0.05, 0.1) is 11.7 Å². The topological polar surface area (TPSA) is 35.6 Å². The molecule has 96 valence electrons. The maximum atomic E-state index is 4.68. The molecule has 0 aromatic carbocycles. The van der Waals surface area contributed by atoms with Crippen LogP contribution in [0.4, 0.5) is 0 Å². The van der Waals surface area contributed by atoms with Gasteiger partial charge in [-0.3, -0.25) is 4.68 Å². The van der Waals surface area contributed by atoms with Gasteiger partial charge in [-0.25, -0.2) is 4.98 Å². The number of rotatable bonds is 4. The lowest BCUT2D eigenvalue weighted by molar-refractivity contribution is 0.616. The number of imidazole rings is 1. The summed E-state index contributed by atoms with van der Waals surface area (Å²) in [6.07, 6.45) is 8.48. The molecule has 1 fully saturated rings. The van der Waals surface area contributed by atoms with Crippen molar-refractivity contribution in [3.8, 4) is 0 Å². The summed E-state index contributed by atoms with van der Waals surface area (Å²) in [7, 11) is 2.05. The van der Waals surface area contributed by atoms with Crippen molar-refractivity contribution in [3.05, 3.63) is 35.2 Å².